The van der Waals surface area contributed by atoms with E-state index in [4.69, 9.17) is 9.47 Å². The smallest absolute Gasteiger partial charge is 0.0587 e. The average molecular weight is 175 g/mol. The van der Waals surface area contributed by atoms with E-state index in [9.17, 15) is 0 Å². The van der Waals surface area contributed by atoms with Crippen LogP contribution in [0.4, 0.5) is 0 Å². The van der Waals surface area contributed by atoms with Gasteiger partial charge in [-0.1, -0.05) is 0 Å². The summed E-state index contributed by atoms with van der Waals surface area (Å²) in [4.78, 5) is 0. The van der Waals surface area contributed by atoms with Crippen LogP contribution in [0.25, 0.3) is 0 Å². The average Bonchev–Trinajstić information content (AvgIpc) is 2.02. The van der Waals surface area contributed by atoms with Crippen LogP contribution in [0.3, 0.4) is 0 Å². The topological polar surface area (TPSA) is 30.5 Å². The van der Waals surface area contributed by atoms with Crippen molar-refractivity contribution in [2.45, 2.75) is 26.4 Å². The molecule has 3 nitrogen and oxygen atoms in total. The second-order valence-electron chi connectivity index (χ2n) is 3.02. The van der Waals surface area contributed by atoms with Gasteiger partial charge in [-0.15, -0.1) is 0 Å². The Morgan fingerprint density at radius 1 is 1.17 bits per heavy atom. The molecule has 0 aromatic rings. The van der Waals surface area contributed by atoms with E-state index in [-0.39, 0.29) is 0 Å². The summed E-state index contributed by atoms with van der Waals surface area (Å²) in [7, 11) is 1.71. The Balaban J connectivity index is 2.82. The summed E-state index contributed by atoms with van der Waals surface area (Å²) in [5.41, 5.74) is 0. The number of nitrogens with one attached hydrogen (secondary N) is 1. The van der Waals surface area contributed by atoms with Crippen molar-refractivity contribution in [3.63, 3.8) is 0 Å². The van der Waals surface area contributed by atoms with Gasteiger partial charge in [-0.3, -0.25) is 0 Å². The fourth-order valence-electron chi connectivity index (χ4n) is 0.815. The van der Waals surface area contributed by atoms with Gasteiger partial charge in [-0.2, -0.15) is 0 Å². The molecule has 74 valence electrons. The molecule has 0 rings (SSSR count). The highest BCUT2D eigenvalue weighted by atomic mass is 16.5. The molecule has 0 aromatic heterocycles. The van der Waals surface area contributed by atoms with Gasteiger partial charge in [0.2, 0.25) is 0 Å². The van der Waals surface area contributed by atoms with E-state index >= 15 is 0 Å². The normalized spacial score (nSPS) is 11.0. The predicted molar refractivity (Wildman–Crippen MR) is 50.5 cm³/mol. The lowest BCUT2D eigenvalue weighted by molar-refractivity contribution is 0.0768. The molecule has 0 saturated heterocycles. The van der Waals surface area contributed by atoms with E-state index in [0.29, 0.717) is 6.10 Å². The second kappa shape index (κ2) is 8.97. The first-order valence-electron chi connectivity index (χ1n) is 4.58. The van der Waals surface area contributed by atoms with Crippen LogP contribution in [0, 0.1) is 0 Å². The highest BCUT2D eigenvalue weighted by molar-refractivity contribution is 4.46. The molecule has 0 saturated carbocycles. The third kappa shape index (κ3) is 9.88. The minimum Gasteiger partial charge on any atom is -0.383 e. The summed E-state index contributed by atoms with van der Waals surface area (Å²) in [6, 6.07) is 0. The van der Waals surface area contributed by atoms with Crippen LogP contribution in [0.15, 0.2) is 0 Å². The molecule has 0 radical (unpaired) electrons. The van der Waals surface area contributed by atoms with E-state index in [2.05, 4.69) is 19.2 Å². The minimum atomic E-state index is 0.351. The van der Waals surface area contributed by atoms with Gasteiger partial charge in [0, 0.05) is 20.3 Å². The first-order chi connectivity index (χ1) is 5.77. The molecule has 0 unspecified atom stereocenters. The summed E-state index contributed by atoms with van der Waals surface area (Å²) in [6.07, 6.45) is 1.42. The molecule has 0 aliphatic carbocycles. The van der Waals surface area contributed by atoms with Crippen LogP contribution >= 0.6 is 0 Å². The van der Waals surface area contributed by atoms with Crippen molar-refractivity contribution < 1.29 is 9.47 Å². The van der Waals surface area contributed by atoms with Crippen LogP contribution < -0.4 is 5.32 Å². The van der Waals surface area contributed by atoms with Gasteiger partial charge < -0.3 is 14.8 Å². The van der Waals surface area contributed by atoms with Gasteiger partial charge in [-0.05, 0) is 26.8 Å². The van der Waals surface area contributed by atoms with Gasteiger partial charge in [0.1, 0.15) is 0 Å². The predicted octanol–water partition coefficient (Wildman–Crippen LogP) is 1.04. The van der Waals surface area contributed by atoms with Gasteiger partial charge >= 0.3 is 0 Å². The maximum Gasteiger partial charge on any atom is 0.0587 e. The Morgan fingerprint density at radius 3 is 2.50 bits per heavy atom. The number of methoxy groups -OCH3 is 1. The van der Waals surface area contributed by atoms with Crippen LogP contribution in [0.5, 0.6) is 0 Å². The SMILES string of the molecule is COCCNCCCOC(C)C. The van der Waals surface area contributed by atoms with E-state index in [1.54, 1.807) is 7.11 Å². The third-order valence-corrected chi connectivity index (χ3v) is 1.43. The van der Waals surface area contributed by atoms with Crippen LogP contribution in [0.2, 0.25) is 0 Å². The van der Waals surface area contributed by atoms with Crippen molar-refractivity contribution in [2.75, 3.05) is 33.4 Å². The third-order valence-electron chi connectivity index (χ3n) is 1.43. The Hall–Kier alpha value is -0.120. The van der Waals surface area contributed by atoms with Crippen molar-refractivity contribution in [2.24, 2.45) is 0 Å². The number of hydrogen-bond donors (Lipinski definition) is 1. The zero-order valence-corrected chi connectivity index (χ0v) is 8.43. The Labute approximate surface area is 75.4 Å². The van der Waals surface area contributed by atoms with E-state index in [1.165, 1.54) is 0 Å². The molecule has 3 heteroatoms. The largest absolute Gasteiger partial charge is 0.383 e. The van der Waals surface area contributed by atoms with Crippen molar-refractivity contribution in [3.8, 4) is 0 Å². The number of ether oxygens (including phenoxy) is 2. The summed E-state index contributed by atoms with van der Waals surface area (Å²) >= 11 is 0. The van der Waals surface area contributed by atoms with Crippen LogP contribution in [-0.2, 0) is 9.47 Å². The minimum absolute atomic E-state index is 0.351. The molecule has 12 heavy (non-hydrogen) atoms. The number of hydrogen-bond acceptors (Lipinski definition) is 3. The van der Waals surface area contributed by atoms with E-state index in [1.807, 2.05) is 0 Å². The van der Waals surface area contributed by atoms with Gasteiger partial charge in [0.15, 0.2) is 0 Å². The first kappa shape index (κ1) is 11.9. The highest BCUT2D eigenvalue weighted by Gasteiger charge is 1.92. The van der Waals surface area contributed by atoms with Crippen molar-refractivity contribution in [1.82, 2.24) is 5.32 Å². The summed E-state index contributed by atoms with van der Waals surface area (Å²) in [5.74, 6) is 0. The quantitative estimate of drug-likeness (QED) is 0.559. The van der Waals surface area contributed by atoms with Gasteiger partial charge in [0.25, 0.3) is 0 Å². The van der Waals surface area contributed by atoms with Crippen molar-refractivity contribution >= 4 is 0 Å². The molecule has 1 N–H and O–H groups in total. The number of rotatable bonds is 8. The zero-order chi connectivity index (χ0) is 9.23. The van der Waals surface area contributed by atoms with E-state index < -0.39 is 0 Å². The van der Waals surface area contributed by atoms with Crippen LogP contribution in [-0.4, -0.2) is 39.5 Å². The van der Waals surface area contributed by atoms with E-state index in [0.717, 1.165) is 32.7 Å². The fraction of sp³-hybridized carbons (Fsp3) is 1.00. The monoisotopic (exact) mass is 175 g/mol. The standard InChI is InChI=1S/C9H21NO2/c1-9(2)12-7-4-5-10-6-8-11-3/h9-10H,4-8H2,1-3H3. The molecule has 0 fully saturated rings. The lowest BCUT2D eigenvalue weighted by Gasteiger charge is -2.07. The molecule has 0 heterocycles. The Morgan fingerprint density at radius 2 is 1.92 bits per heavy atom. The molecule has 0 spiro atoms. The summed E-state index contributed by atoms with van der Waals surface area (Å²) < 4.78 is 10.3. The van der Waals surface area contributed by atoms with Gasteiger partial charge in [0.05, 0.1) is 12.7 Å². The molecule has 0 amide bonds. The highest BCUT2D eigenvalue weighted by Crippen LogP contribution is 1.88. The maximum absolute atomic E-state index is 5.38. The zero-order valence-electron chi connectivity index (χ0n) is 8.43. The molecular weight excluding hydrogens is 154 g/mol. The molecular formula is C9H21NO2. The molecule has 0 aromatic carbocycles. The van der Waals surface area contributed by atoms with Crippen molar-refractivity contribution in [3.05, 3.63) is 0 Å². The Kier molecular flexibility index (Phi) is 8.88. The molecule has 0 aliphatic heterocycles. The molecule has 0 aliphatic rings. The fourth-order valence-corrected chi connectivity index (χ4v) is 0.815. The van der Waals surface area contributed by atoms with Gasteiger partial charge in [-0.25, -0.2) is 0 Å². The summed E-state index contributed by atoms with van der Waals surface area (Å²) in [6.45, 7) is 7.67. The lowest BCUT2D eigenvalue weighted by atomic mass is 10.4. The molecule has 0 bridgehead atoms. The lowest BCUT2D eigenvalue weighted by Crippen LogP contribution is -2.21. The van der Waals surface area contributed by atoms with Crippen LogP contribution in [0.1, 0.15) is 20.3 Å². The Bertz CT molecular complexity index is 86.6. The molecule has 0 atom stereocenters. The van der Waals surface area contributed by atoms with Crippen molar-refractivity contribution in [1.29, 1.82) is 0 Å². The second-order valence-corrected chi connectivity index (χ2v) is 3.02. The maximum atomic E-state index is 5.38. The first-order valence-corrected chi connectivity index (χ1v) is 4.58. The summed E-state index contributed by atoms with van der Waals surface area (Å²) in [5, 5.41) is 3.26.